The number of carbonyl (C=O) groups excluding carboxylic acids is 2. The lowest BCUT2D eigenvalue weighted by molar-refractivity contribution is -0.135. The van der Waals surface area contributed by atoms with Crippen LogP contribution in [0.3, 0.4) is 0 Å². The van der Waals surface area contributed by atoms with E-state index in [1.54, 1.807) is 42.7 Å². The van der Waals surface area contributed by atoms with Crippen LogP contribution in [-0.2, 0) is 4.79 Å². The number of hydrogen-bond donors (Lipinski definition) is 0. The Bertz CT molecular complexity index is 1080. The number of aromatic nitrogens is 1. The SMILES string of the molecule is O=C1C[C@@H](c2cccnc2)c2c(ccc3c2O/C(=C\c2ccco2)C3=O)O1. The lowest BCUT2D eigenvalue weighted by atomic mass is 9.85. The zero-order valence-electron chi connectivity index (χ0n) is 14.0. The smallest absolute Gasteiger partial charge is 0.312 e. The van der Waals surface area contributed by atoms with Gasteiger partial charge in [0.25, 0.3) is 0 Å². The lowest BCUT2D eigenvalue weighted by Gasteiger charge is -2.26. The van der Waals surface area contributed by atoms with Gasteiger partial charge in [0.1, 0.15) is 17.3 Å². The summed E-state index contributed by atoms with van der Waals surface area (Å²) in [4.78, 5) is 29.0. The van der Waals surface area contributed by atoms with Gasteiger partial charge in [0.05, 0.1) is 18.2 Å². The van der Waals surface area contributed by atoms with Gasteiger partial charge in [-0.15, -0.1) is 0 Å². The predicted molar refractivity (Wildman–Crippen MR) is 94.4 cm³/mol. The van der Waals surface area contributed by atoms with Gasteiger partial charge in [-0.2, -0.15) is 0 Å². The van der Waals surface area contributed by atoms with Crippen LogP contribution in [0.2, 0.25) is 0 Å². The largest absolute Gasteiger partial charge is 0.465 e. The maximum absolute atomic E-state index is 12.8. The van der Waals surface area contributed by atoms with Crippen LogP contribution in [0.4, 0.5) is 0 Å². The van der Waals surface area contributed by atoms with E-state index in [0.29, 0.717) is 28.4 Å². The molecule has 3 aromatic rings. The van der Waals surface area contributed by atoms with Gasteiger partial charge in [0.2, 0.25) is 5.78 Å². The normalized spacial score (nSPS) is 19.4. The average molecular weight is 359 g/mol. The highest BCUT2D eigenvalue weighted by Gasteiger charge is 2.38. The maximum atomic E-state index is 12.8. The van der Waals surface area contributed by atoms with Crippen LogP contribution in [0.25, 0.3) is 6.08 Å². The molecule has 0 fully saturated rings. The average Bonchev–Trinajstić information content (AvgIpc) is 3.30. The van der Waals surface area contributed by atoms with Gasteiger partial charge in [-0.05, 0) is 35.9 Å². The molecule has 0 amide bonds. The highest BCUT2D eigenvalue weighted by Crippen LogP contribution is 2.48. The summed E-state index contributed by atoms with van der Waals surface area (Å²) < 4.78 is 16.6. The van der Waals surface area contributed by atoms with E-state index >= 15 is 0 Å². The Morgan fingerprint density at radius 2 is 2.00 bits per heavy atom. The van der Waals surface area contributed by atoms with Gasteiger partial charge in [0, 0.05) is 30.0 Å². The number of pyridine rings is 1. The molecule has 0 radical (unpaired) electrons. The van der Waals surface area contributed by atoms with Crippen molar-refractivity contribution in [2.75, 3.05) is 0 Å². The van der Waals surface area contributed by atoms with Crippen LogP contribution in [0.5, 0.6) is 11.5 Å². The highest BCUT2D eigenvalue weighted by atomic mass is 16.5. The Kier molecular flexibility index (Phi) is 3.43. The summed E-state index contributed by atoms with van der Waals surface area (Å²) in [5.41, 5.74) is 2.00. The number of ketones is 1. The Balaban J connectivity index is 1.65. The van der Waals surface area contributed by atoms with E-state index in [1.165, 1.54) is 6.26 Å². The van der Waals surface area contributed by atoms with Crippen LogP contribution in [0, 0.1) is 0 Å². The second kappa shape index (κ2) is 5.95. The number of Topliss-reactive ketones (excluding diaryl/α,β-unsaturated/α-hetero) is 1. The molecule has 1 atom stereocenters. The van der Waals surface area contributed by atoms with E-state index in [9.17, 15) is 9.59 Å². The molecular formula is C21H13NO5. The zero-order chi connectivity index (χ0) is 18.4. The molecule has 0 unspecified atom stereocenters. The summed E-state index contributed by atoms with van der Waals surface area (Å²) in [6.07, 6.45) is 6.62. The van der Waals surface area contributed by atoms with Crippen molar-refractivity contribution in [3.63, 3.8) is 0 Å². The number of benzene rings is 1. The van der Waals surface area contributed by atoms with Crippen molar-refractivity contribution in [3.8, 4) is 11.5 Å². The molecule has 132 valence electrons. The third-order valence-corrected chi connectivity index (χ3v) is 4.68. The van der Waals surface area contributed by atoms with Crippen molar-refractivity contribution in [2.24, 2.45) is 0 Å². The van der Waals surface area contributed by atoms with E-state index in [0.717, 1.165) is 5.56 Å². The van der Waals surface area contributed by atoms with Crippen molar-refractivity contribution >= 4 is 17.8 Å². The highest BCUT2D eigenvalue weighted by molar-refractivity contribution is 6.15. The molecule has 27 heavy (non-hydrogen) atoms. The fourth-order valence-electron chi connectivity index (χ4n) is 3.48. The molecule has 2 aliphatic rings. The van der Waals surface area contributed by atoms with Crippen LogP contribution in [0.15, 0.2) is 65.2 Å². The number of nitrogens with zero attached hydrogens (tertiary/aromatic N) is 1. The van der Waals surface area contributed by atoms with Crippen molar-refractivity contribution in [1.29, 1.82) is 0 Å². The number of furan rings is 1. The van der Waals surface area contributed by atoms with Gasteiger partial charge >= 0.3 is 5.97 Å². The van der Waals surface area contributed by atoms with E-state index in [-0.39, 0.29) is 29.9 Å². The molecule has 0 bridgehead atoms. The number of allylic oxidation sites excluding steroid dienone is 1. The summed E-state index contributed by atoms with van der Waals surface area (Å²) in [6.45, 7) is 0. The van der Waals surface area contributed by atoms with Gasteiger partial charge in [-0.25, -0.2) is 0 Å². The minimum absolute atomic E-state index is 0.157. The molecule has 4 heterocycles. The number of fused-ring (bicyclic) bond motifs is 3. The number of carbonyl (C=O) groups is 2. The minimum Gasteiger partial charge on any atom is -0.465 e. The first-order valence-corrected chi connectivity index (χ1v) is 8.46. The number of hydrogen-bond acceptors (Lipinski definition) is 6. The summed E-state index contributed by atoms with van der Waals surface area (Å²) in [7, 11) is 0. The molecule has 0 saturated carbocycles. The molecule has 6 heteroatoms. The Hall–Kier alpha value is -3.67. The van der Waals surface area contributed by atoms with E-state index in [1.807, 2.05) is 12.1 Å². The Labute approximate surface area is 154 Å². The summed E-state index contributed by atoms with van der Waals surface area (Å²) >= 11 is 0. The van der Waals surface area contributed by atoms with Crippen LogP contribution < -0.4 is 9.47 Å². The van der Waals surface area contributed by atoms with Gasteiger partial charge in [-0.1, -0.05) is 6.07 Å². The van der Waals surface area contributed by atoms with Crippen molar-refractivity contribution in [1.82, 2.24) is 4.98 Å². The van der Waals surface area contributed by atoms with Gasteiger partial charge in [-0.3, -0.25) is 14.6 Å². The molecule has 0 spiro atoms. The van der Waals surface area contributed by atoms with E-state index in [2.05, 4.69) is 4.98 Å². The van der Waals surface area contributed by atoms with Crippen LogP contribution >= 0.6 is 0 Å². The summed E-state index contributed by atoms with van der Waals surface area (Å²) in [6, 6.07) is 10.5. The first kappa shape index (κ1) is 15.6. The molecule has 5 rings (SSSR count). The summed E-state index contributed by atoms with van der Waals surface area (Å²) in [5, 5.41) is 0. The zero-order valence-corrected chi connectivity index (χ0v) is 14.0. The van der Waals surface area contributed by atoms with Crippen molar-refractivity contribution < 1.29 is 23.5 Å². The van der Waals surface area contributed by atoms with Crippen molar-refractivity contribution in [2.45, 2.75) is 12.3 Å². The topological polar surface area (TPSA) is 78.6 Å². The summed E-state index contributed by atoms with van der Waals surface area (Å²) in [5.74, 6) is 0.687. The quantitative estimate of drug-likeness (QED) is 0.394. The minimum atomic E-state index is -0.327. The first-order chi connectivity index (χ1) is 13.2. The molecule has 0 saturated heterocycles. The standard InChI is InChI=1S/C21H13NO5/c23-18-10-15(12-3-1-7-22-11-12)19-16(26-18)6-5-14-20(24)17(27-21(14)19)9-13-4-2-8-25-13/h1-9,11,15H,10H2/b17-9-/t15-/m0/s1. The second-order valence-electron chi connectivity index (χ2n) is 6.33. The Morgan fingerprint density at radius 3 is 2.78 bits per heavy atom. The monoisotopic (exact) mass is 359 g/mol. The third kappa shape index (κ3) is 2.54. The Morgan fingerprint density at radius 1 is 1.07 bits per heavy atom. The van der Waals surface area contributed by atoms with Crippen LogP contribution in [-0.4, -0.2) is 16.7 Å². The molecule has 2 aromatic heterocycles. The molecular weight excluding hydrogens is 346 g/mol. The molecule has 0 N–H and O–H groups in total. The third-order valence-electron chi connectivity index (χ3n) is 4.68. The molecule has 2 aliphatic heterocycles. The number of ether oxygens (including phenoxy) is 2. The van der Waals surface area contributed by atoms with Crippen LogP contribution in [0.1, 0.15) is 39.6 Å². The maximum Gasteiger partial charge on any atom is 0.312 e. The van der Waals surface area contributed by atoms with Gasteiger partial charge in [0.15, 0.2) is 5.76 Å². The van der Waals surface area contributed by atoms with E-state index in [4.69, 9.17) is 13.9 Å². The lowest BCUT2D eigenvalue weighted by Crippen LogP contribution is -2.21. The number of rotatable bonds is 2. The second-order valence-corrected chi connectivity index (χ2v) is 6.33. The molecule has 0 aliphatic carbocycles. The van der Waals surface area contributed by atoms with Crippen molar-refractivity contribution in [3.05, 3.63) is 83.3 Å². The van der Waals surface area contributed by atoms with Gasteiger partial charge < -0.3 is 13.9 Å². The predicted octanol–water partition coefficient (Wildman–Crippen LogP) is 3.73. The molecule has 6 nitrogen and oxygen atoms in total. The fourth-order valence-corrected chi connectivity index (χ4v) is 3.48. The first-order valence-electron chi connectivity index (χ1n) is 8.46. The number of esters is 1. The van der Waals surface area contributed by atoms with E-state index < -0.39 is 0 Å². The fraction of sp³-hybridized carbons (Fsp3) is 0.0952. The molecule has 1 aromatic carbocycles.